The van der Waals surface area contributed by atoms with Gasteiger partial charge in [-0.25, -0.2) is 0 Å². The van der Waals surface area contributed by atoms with Crippen molar-refractivity contribution in [3.63, 3.8) is 0 Å². The van der Waals surface area contributed by atoms with Crippen LogP contribution in [0.5, 0.6) is 11.5 Å². The van der Waals surface area contributed by atoms with Crippen LogP contribution in [-0.4, -0.2) is 18.4 Å². The van der Waals surface area contributed by atoms with E-state index in [9.17, 15) is 5.11 Å². The molecule has 2 aromatic rings. The molecule has 0 fully saturated rings. The number of fused-ring (bicyclic) bond motifs is 4. The van der Waals surface area contributed by atoms with Gasteiger partial charge in [-0.3, -0.25) is 0 Å². The van der Waals surface area contributed by atoms with Gasteiger partial charge in [-0.05, 0) is 22.8 Å². The first-order valence-electron chi connectivity index (χ1n) is 7.40. The summed E-state index contributed by atoms with van der Waals surface area (Å²) < 4.78 is 11.4. The fourth-order valence-electron chi connectivity index (χ4n) is 3.96. The van der Waals surface area contributed by atoms with Crippen LogP contribution in [0, 0.1) is 0 Å². The Balaban J connectivity index is 1.91. The van der Waals surface area contributed by atoms with Crippen molar-refractivity contribution in [1.29, 1.82) is 0 Å². The predicted molar refractivity (Wildman–Crippen MR) is 76.2 cm³/mol. The molecule has 4 heteroatoms. The smallest absolute Gasteiger partial charge is 0.231 e. The molecular formula is C17H16NO3+. The van der Waals surface area contributed by atoms with Crippen LogP contribution in [0.1, 0.15) is 28.8 Å². The number of aliphatic hydroxyl groups is 1. The molecule has 2 aliphatic heterocycles. The molecule has 0 radical (unpaired) electrons. The van der Waals surface area contributed by atoms with E-state index in [1.165, 1.54) is 11.1 Å². The minimum Gasteiger partial charge on any atom is -0.454 e. The molecular weight excluding hydrogens is 266 g/mol. The van der Waals surface area contributed by atoms with Gasteiger partial charge < -0.3 is 19.9 Å². The van der Waals surface area contributed by atoms with Crippen LogP contribution in [0.3, 0.4) is 0 Å². The van der Waals surface area contributed by atoms with Crippen molar-refractivity contribution < 1.29 is 19.9 Å². The standard InChI is InChI=1S/C17H15NO3/c19-16-11-4-2-1-3-10(11)14-13-9(5-6-18-15(13)16)7-12-17(14)21-8-20-12/h1-4,7,15-16,18-19H,5-6,8H2/p+1/t15-,16-/m1/s1. The SMILES string of the molecule is O[C@@H]1c2ccccc2-c2c3c(cc4c2[C@H]1[NH2+]CC4)OCO3. The van der Waals surface area contributed by atoms with Gasteiger partial charge in [0.25, 0.3) is 0 Å². The summed E-state index contributed by atoms with van der Waals surface area (Å²) in [7, 11) is 0. The molecule has 1 aliphatic carbocycles. The van der Waals surface area contributed by atoms with Gasteiger partial charge in [0.1, 0.15) is 12.1 Å². The minimum absolute atomic E-state index is 0.0631. The van der Waals surface area contributed by atoms with Gasteiger partial charge in [0.2, 0.25) is 6.79 Å². The number of benzene rings is 2. The molecule has 5 rings (SSSR count). The molecule has 0 spiro atoms. The third kappa shape index (κ3) is 1.41. The molecule has 0 saturated heterocycles. The molecule has 21 heavy (non-hydrogen) atoms. The zero-order valence-electron chi connectivity index (χ0n) is 11.5. The first-order chi connectivity index (χ1) is 10.3. The van der Waals surface area contributed by atoms with Crippen molar-refractivity contribution in [3.05, 3.63) is 47.0 Å². The molecule has 106 valence electrons. The molecule has 0 bridgehead atoms. The topological polar surface area (TPSA) is 55.3 Å². The number of hydrogen-bond donors (Lipinski definition) is 2. The van der Waals surface area contributed by atoms with Crippen LogP contribution in [0.4, 0.5) is 0 Å². The van der Waals surface area contributed by atoms with Crippen LogP contribution >= 0.6 is 0 Å². The van der Waals surface area contributed by atoms with Gasteiger partial charge in [0.15, 0.2) is 11.5 Å². The van der Waals surface area contributed by atoms with Crippen molar-refractivity contribution in [2.45, 2.75) is 18.6 Å². The fourth-order valence-corrected chi connectivity index (χ4v) is 3.96. The Kier molecular flexibility index (Phi) is 2.21. The van der Waals surface area contributed by atoms with Gasteiger partial charge in [-0.15, -0.1) is 0 Å². The van der Waals surface area contributed by atoms with Crippen molar-refractivity contribution in [1.82, 2.24) is 0 Å². The van der Waals surface area contributed by atoms with E-state index in [0.29, 0.717) is 0 Å². The number of aliphatic hydroxyl groups excluding tert-OH is 1. The number of quaternary nitrogens is 1. The zero-order valence-corrected chi connectivity index (χ0v) is 11.5. The van der Waals surface area contributed by atoms with Crippen LogP contribution < -0.4 is 14.8 Å². The highest BCUT2D eigenvalue weighted by atomic mass is 16.7. The summed E-state index contributed by atoms with van der Waals surface area (Å²) in [5, 5.41) is 13.0. The highest BCUT2D eigenvalue weighted by molar-refractivity contribution is 5.83. The summed E-state index contributed by atoms with van der Waals surface area (Å²) in [6, 6.07) is 10.2. The highest BCUT2D eigenvalue weighted by Gasteiger charge is 2.42. The Labute approximate surface area is 122 Å². The van der Waals surface area contributed by atoms with E-state index in [1.54, 1.807) is 0 Å². The van der Waals surface area contributed by atoms with E-state index in [2.05, 4.69) is 17.4 Å². The minimum atomic E-state index is -0.465. The molecule has 4 nitrogen and oxygen atoms in total. The Morgan fingerprint density at radius 2 is 2.10 bits per heavy atom. The lowest BCUT2D eigenvalue weighted by Gasteiger charge is -2.35. The normalized spacial score (nSPS) is 24.4. The van der Waals surface area contributed by atoms with E-state index in [1.807, 2.05) is 18.2 Å². The second-order valence-corrected chi connectivity index (χ2v) is 5.89. The fraction of sp³-hybridized carbons (Fsp3) is 0.294. The van der Waals surface area contributed by atoms with Crippen molar-refractivity contribution in [2.75, 3.05) is 13.3 Å². The molecule has 3 N–H and O–H groups in total. The monoisotopic (exact) mass is 282 g/mol. The summed E-state index contributed by atoms with van der Waals surface area (Å²) in [5.41, 5.74) is 5.71. The number of rotatable bonds is 0. The number of nitrogens with two attached hydrogens (primary N) is 1. The van der Waals surface area contributed by atoms with Crippen LogP contribution in [0.2, 0.25) is 0 Å². The Morgan fingerprint density at radius 3 is 3.05 bits per heavy atom. The van der Waals surface area contributed by atoms with E-state index in [4.69, 9.17) is 9.47 Å². The molecule has 2 heterocycles. The van der Waals surface area contributed by atoms with Gasteiger partial charge in [-0.2, -0.15) is 0 Å². The lowest BCUT2D eigenvalue weighted by molar-refractivity contribution is -0.707. The maximum Gasteiger partial charge on any atom is 0.231 e. The Morgan fingerprint density at radius 1 is 1.19 bits per heavy atom. The maximum atomic E-state index is 10.8. The Hall–Kier alpha value is -2.04. The number of hydrogen-bond acceptors (Lipinski definition) is 3. The van der Waals surface area contributed by atoms with Crippen LogP contribution in [0.15, 0.2) is 30.3 Å². The van der Waals surface area contributed by atoms with E-state index < -0.39 is 6.10 Å². The summed E-state index contributed by atoms with van der Waals surface area (Å²) in [5.74, 6) is 1.68. The average molecular weight is 282 g/mol. The second-order valence-electron chi connectivity index (χ2n) is 5.89. The third-order valence-electron chi connectivity index (χ3n) is 4.85. The quantitative estimate of drug-likeness (QED) is 0.765. The van der Waals surface area contributed by atoms with Gasteiger partial charge in [0, 0.05) is 17.5 Å². The van der Waals surface area contributed by atoms with Crippen LogP contribution in [0.25, 0.3) is 11.1 Å². The molecule has 0 aromatic heterocycles. The second kappa shape index (κ2) is 4.00. The summed E-state index contributed by atoms with van der Waals surface area (Å²) in [6.07, 6.45) is 0.540. The molecule has 3 aliphatic rings. The summed E-state index contributed by atoms with van der Waals surface area (Å²) in [4.78, 5) is 0. The first kappa shape index (κ1) is 11.6. The Bertz CT molecular complexity index is 756. The lowest BCUT2D eigenvalue weighted by atomic mass is 9.76. The third-order valence-corrected chi connectivity index (χ3v) is 4.85. The highest BCUT2D eigenvalue weighted by Crippen LogP contribution is 2.53. The largest absolute Gasteiger partial charge is 0.454 e. The van der Waals surface area contributed by atoms with Gasteiger partial charge in [-0.1, -0.05) is 24.3 Å². The van der Waals surface area contributed by atoms with E-state index in [-0.39, 0.29) is 12.8 Å². The lowest BCUT2D eigenvalue weighted by Crippen LogP contribution is -2.88. The van der Waals surface area contributed by atoms with Crippen LogP contribution in [-0.2, 0) is 6.42 Å². The van der Waals surface area contributed by atoms with Gasteiger partial charge in [0.05, 0.1) is 6.54 Å². The summed E-state index contributed by atoms with van der Waals surface area (Å²) in [6.45, 7) is 1.28. The van der Waals surface area contributed by atoms with E-state index >= 15 is 0 Å². The first-order valence-corrected chi connectivity index (χ1v) is 7.40. The molecule has 0 unspecified atom stereocenters. The van der Waals surface area contributed by atoms with Crippen molar-refractivity contribution in [3.8, 4) is 22.6 Å². The van der Waals surface area contributed by atoms with E-state index in [0.717, 1.165) is 41.2 Å². The average Bonchev–Trinajstić information content (AvgIpc) is 2.99. The zero-order chi connectivity index (χ0) is 14.0. The van der Waals surface area contributed by atoms with Crippen molar-refractivity contribution in [2.24, 2.45) is 0 Å². The van der Waals surface area contributed by atoms with Crippen molar-refractivity contribution >= 4 is 0 Å². The van der Waals surface area contributed by atoms with Gasteiger partial charge >= 0.3 is 0 Å². The molecule has 0 saturated carbocycles. The predicted octanol–water partition coefficient (Wildman–Crippen LogP) is 1.29. The molecule has 2 atom stereocenters. The number of ether oxygens (including phenoxy) is 2. The molecule has 2 aromatic carbocycles. The summed E-state index contributed by atoms with van der Waals surface area (Å²) >= 11 is 0. The maximum absolute atomic E-state index is 10.8. The molecule has 0 amide bonds.